The number of carbonyl (C=O) groups is 2. The number of thiazole rings is 1. The van der Waals surface area contributed by atoms with E-state index in [4.69, 9.17) is 42.1 Å². The Balaban J connectivity index is 1.56. The summed E-state index contributed by atoms with van der Waals surface area (Å²) < 4.78 is 30.0. The largest absolute Gasteiger partial charge is 0.490 e. The van der Waals surface area contributed by atoms with Crippen LogP contribution in [0.3, 0.4) is 0 Å². The van der Waals surface area contributed by atoms with Gasteiger partial charge in [-0.2, -0.15) is 0 Å². The first-order chi connectivity index (χ1) is 23.5. The number of aromatic nitrogens is 1. The number of hydrogen-bond donors (Lipinski definition) is 0. The van der Waals surface area contributed by atoms with Gasteiger partial charge in [-0.15, -0.1) is 0 Å². The van der Waals surface area contributed by atoms with Gasteiger partial charge in [-0.1, -0.05) is 52.7 Å². The first kappa shape index (κ1) is 36.2. The smallest absolute Gasteiger partial charge is 0.343 e. The van der Waals surface area contributed by atoms with Gasteiger partial charge in [-0.05, 0) is 95.9 Å². The number of allylic oxidation sites excluding steroid dienone is 1. The van der Waals surface area contributed by atoms with Crippen LogP contribution in [-0.2, 0) is 25.7 Å². The fourth-order valence-corrected chi connectivity index (χ4v) is 7.23. The molecular formula is C35H31BrCl2N2O8S. The van der Waals surface area contributed by atoms with Gasteiger partial charge in [0.2, 0.25) is 0 Å². The van der Waals surface area contributed by atoms with Gasteiger partial charge in [0.25, 0.3) is 5.56 Å². The van der Waals surface area contributed by atoms with Crippen LogP contribution in [0.15, 0.2) is 80.1 Å². The van der Waals surface area contributed by atoms with E-state index < -0.39 is 18.0 Å². The van der Waals surface area contributed by atoms with Gasteiger partial charge >= 0.3 is 11.9 Å². The van der Waals surface area contributed by atoms with Crippen molar-refractivity contribution in [3.05, 3.63) is 117 Å². The number of halogens is 3. The van der Waals surface area contributed by atoms with Crippen LogP contribution >= 0.6 is 50.5 Å². The van der Waals surface area contributed by atoms with Crippen LogP contribution in [-0.4, -0.2) is 43.4 Å². The van der Waals surface area contributed by atoms with Gasteiger partial charge < -0.3 is 23.7 Å². The van der Waals surface area contributed by atoms with Crippen molar-refractivity contribution in [2.45, 2.75) is 33.4 Å². The normalized spacial score (nSPS) is 14.2. The molecule has 49 heavy (non-hydrogen) atoms. The van der Waals surface area contributed by atoms with E-state index >= 15 is 0 Å². The number of fused-ring (bicyclic) bond motifs is 1. The number of hydrogen-bond acceptors (Lipinski definition) is 10. The average molecular weight is 791 g/mol. The molecule has 0 bridgehead atoms. The molecule has 1 aliphatic rings. The van der Waals surface area contributed by atoms with Gasteiger partial charge in [0.1, 0.15) is 6.61 Å². The summed E-state index contributed by atoms with van der Waals surface area (Å²) in [5, 5.41) is 0.977. The van der Waals surface area contributed by atoms with Crippen LogP contribution in [0.1, 0.15) is 43.5 Å². The molecule has 0 fully saturated rings. The van der Waals surface area contributed by atoms with E-state index in [-0.39, 0.29) is 31.0 Å². The second kappa shape index (κ2) is 16.1. The highest BCUT2D eigenvalue weighted by atomic mass is 79.9. The lowest BCUT2D eigenvalue weighted by atomic mass is 9.95. The van der Waals surface area contributed by atoms with Crippen LogP contribution in [0.4, 0.5) is 0 Å². The van der Waals surface area contributed by atoms with E-state index in [2.05, 4.69) is 25.7 Å². The molecule has 0 amide bonds. The van der Waals surface area contributed by atoms with E-state index in [0.717, 1.165) is 5.56 Å². The highest BCUT2D eigenvalue weighted by molar-refractivity contribution is 9.10. The number of esters is 2. The summed E-state index contributed by atoms with van der Waals surface area (Å²) >= 11 is 17.4. The molecule has 0 radical (unpaired) electrons. The molecule has 1 atom stereocenters. The Morgan fingerprint density at radius 2 is 1.76 bits per heavy atom. The maximum absolute atomic E-state index is 14.2. The van der Waals surface area contributed by atoms with E-state index in [1.54, 1.807) is 69.3 Å². The Morgan fingerprint density at radius 1 is 1.00 bits per heavy atom. The number of rotatable bonds is 12. The Kier molecular flexibility index (Phi) is 11.9. The van der Waals surface area contributed by atoms with E-state index in [1.165, 1.54) is 23.0 Å². The zero-order chi connectivity index (χ0) is 35.2. The minimum Gasteiger partial charge on any atom is -0.490 e. The van der Waals surface area contributed by atoms with Crippen molar-refractivity contribution in [1.29, 1.82) is 0 Å². The topological polar surface area (TPSA) is 115 Å². The summed E-state index contributed by atoms with van der Waals surface area (Å²) in [6.07, 6.45) is 1.71. The molecule has 5 rings (SSSR count). The molecule has 1 aliphatic heterocycles. The van der Waals surface area contributed by atoms with Crippen LogP contribution in [0.5, 0.6) is 17.2 Å². The molecular weight excluding hydrogens is 759 g/mol. The minimum absolute atomic E-state index is 0.131. The number of ether oxygens (including phenoxy) is 5. The predicted molar refractivity (Wildman–Crippen MR) is 190 cm³/mol. The first-order valence-electron chi connectivity index (χ1n) is 15.1. The van der Waals surface area contributed by atoms with Crippen LogP contribution < -0.4 is 29.1 Å². The maximum atomic E-state index is 14.2. The molecule has 0 spiro atoms. The van der Waals surface area contributed by atoms with Crippen molar-refractivity contribution in [2.75, 3.05) is 26.9 Å². The van der Waals surface area contributed by atoms with Crippen molar-refractivity contribution >= 4 is 68.5 Å². The Morgan fingerprint density at radius 3 is 2.43 bits per heavy atom. The fraction of sp³-hybridized carbons (Fsp3) is 0.257. The molecule has 256 valence electrons. The third kappa shape index (κ3) is 8.21. The lowest BCUT2D eigenvalue weighted by Gasteiger charge is -2.25. The molecule has 3 aromatic carbocycles. The Bertz CT molecular complexity index is 2090. The molecule has 4 aromatic rings. The molecule has 1 aromatic heterocycles. The molecule has 10 nitrogen and oxygen atoms in total. The summed E-state index contributed by atoms with van der Waals surface area (Å²) in [6, 6.07) is 14.9. The second-order valence-corrected chi connectivity index (χ2v) is 13.2. The number of methoxy groups -OCH3 is 1. The Labute approximate surface area is 304 Å². The van der Waals surface area contributed by atoms with Crippen LogP contribution in [0.2, 0.25) is 10.0 Å². The summed E-state index contributed by atoms with van der Waals surface area (Å²) in [4.78, 5) is 44.3. The molecule has 0 saturated heterocycles. The van der Waals surface area contributed by atoms with Gasteiger partial charge in [-0.25, -0.2) is 14.6 Å². The molecule has 0 aliphatic carbocycles. The molecule has 0 unspecified atom stereocenters. The summed E-state index contributed by atoms with van der Waals surface area (Å²) in [5.41, 5.74) is 2.35. The average Bonchev–Trinajstić information content (AvgIpc) is 3.37. The fourth-order valence-electron chi connectivity index (χ4n) is 5.07. The van der Waals surface area contributed by atoms with Crippen LogP contribution in [0, 0.1) is 0 Å². The summed E-state index contributed by atoms with van der Waals surface area (Å²) in [6.45, 7) is 5.59. The number of benzene rings is 3. The first-order valence-corrected chi connectivity index (χ1v) is 17.4. The highest BCUT2D eigenvalue weighted by Crippen LogP contribution is 2.37. The lowest BCUT2D eigenvalue weighted by molar-refractivity contribution is -0.143. The quantitative estimate of drug-likeness (QED) is 0.152. The van der Waals surface area contributed by atoms with E-state index in [1.807, 2.05) is 12.1 Å². The predicted octanol–water partition coefficient (Wildman–Crippen LogP) is 6.40. The van der Waals surface area contributed by atoms with Crippen LogP contribution in [0.25, 0.3) is 6.08 Å². The third-order valence-corrected chi connectivity index (χ3v) is 9.39. The summed E-state index contributed by atoms with van der Waals surface area (Å²) in [7, 11) is 1.26. The monoisotopic (exact) mass is 788 g/mol. The zero-order valence-corrected chi connectivity index (χ0v) is 30.8. The standard InChI is InChI=1S/C35H31BrCl2N2O8S/c1-5-45-27-16-22(9-12-26(27)47-18-29(41)44-4)31-30(34(43)46-6-2)19(3)39-35-40(31)33(42)28(49-35)15-21-13-24(36)32(25(38)14-21)48-17-20-7-10-23(37)11-8-20/h7-16,31H,5-6,17-18H2,1-4H3/b28-15-/t31-/m1/s1. The SMILES string of the molecule is CCOC(=O)C1=C(C)N=c2s/c(=C\c3cc(Cl)c(OCc4ccc(Cl)cc4)c(Br)c3)c(=O)n2[C@@H]1c1ccc(OCC(=O)OC)c(OCC)c1. The van der Waals surface area contributed by atoms with Crippen molar-refractivity contribution in [3.8, 4) is 17.2 Å². The molecule has 0 N–H and O–H groups in total. The number of nitrogens with zero attached hydrogens (tertiary/aromatic N) is 2. The zero-order valence-electron chi connectivity index (χ0n) is 26.9. The van der Waals surface area contributed by atoms with Crippen molar-refractivity contribution in [3.63, 3.8) is 0 Å². The van der Waals surface area contributed by atoms with Crippen molar-refractivity contribution in [2.24, 2.45) is 4.99 Å². The van der Waals surface area contributed by atoms with Gasteiger partial charge in [0.05, 0.1) is 51.7 Å². The van der Waals surface area contributed by atoms with Crippen molar-refractivity contribution < 1.29 is 33.3 Å². The highest BCUT2D eigenvalue weighted by Gasteiger charge is 2.34. The lowest BCUT2D eigenvalue weighted by Crippen LogP contribution is -2.40. The molecule has 0 saturated carbocycles. The molecule has 2 heterocycles. The Hall–Kier alpha value is -4.10. The van der Waals surface area contributed by atoms with Gasteiger partial charge in [0, 0.05) is 5.02 Å². The van der Waals surface area contributed by atoms with Gasteiger partial charge in [-0.3, -0.25) is 9.36 Å². The maximum Gasteiger partial charge on any atom is 0.343 e. The molecule has 14 heteroatoms. The van der Waals surface area contributed by atoms with E-state index in [0.29, 0.717) is 64.5 Å². The summed E-state index contributed by atoms with van der Waals surface area (Å²) in [5.74, 6) is -0.0900. The van der Waals surface area contributed by atoms with Gasteiger partial charge in [0.15, 0.2) is 28.7 Å². The minimum atomic E-state index is -0.898. The van der Waals surface area contributed by atoms with E-state index in [9.17, 15) is 14.4 Å². The second-order valence-electron chi connectivity index (χ2n) is 10.5. The third-order valence-electron chi connectivity index (χ3n) is 7.29. The number of carbonyl (C=O) groups excluding carboxylic acids is 2. The van der Waals surface area contributed by atoms with Crippen molar-refractivity contribution in [1.82, 2.24) is 4.57 Å².